The van der Waals surface area contributed by atoms with Crippen LogP contribution in [0.15, 0.2) is 72.8 Å². The number of hydrogen-bond acceptors (Lipinski definition) is 4. The summed E-state index contributed by atoms with van der Waals surface area (Å²) in [5.41, 5.74) is 2.44. The first-order chi connectivity index (χ1) is 15.8. The van der Waals surface area contributed by atoms with Crippen molar-refractivity contribution < 1.29 is 9.47 Å². The second-order valence-corrected chi connectivity index (χ2v) is 9.50. The molecule has 0 radical (unpaired) electrons. The zero-order valence-corrected chi connectivity index (χ0v) is 19.4. The number of piperidine rings is 1. The highest BCUT2D eigenvalue weighted by Gasteiger charge is 2.16. The Bertz CT molecular complexity index is 1160. The Hall–Kier alpha value is -2.82. The van der Waals surface area contributed by atoms with Gasteiger partial charge in [0, 0.05) is 16.6 Å². The van der Waals surface area contributed by atoms with Crippen LogP contribution in [0, 0.1) is 6.92 Å². The van der Waals surface area contributed by atoms with Crippen LogP contribution in [-0.2, 0) is 0 Å². The fraction of sp³-hybridized carbons (Fsp3) is 0.286. The molecular weight excluding hydrogens is 414 g/mol. The van der Waals surface area contributed by atoms with Gasteiger partial charge in [-0.15, -0.1) is 11.3 Å². The summed E-state index contributed by atoms with van der Waals surface area (Å²) >= 11 is 1.78. The van der Waals surface area contributed by atoms with Crippen LogP contribution in [0.2, 0.25) is 0 Å². The summed E-state index contributed by atoms with van der Waals surface area (Å²) in [4.78, 5) is 3.66. The highest BCUT2D eigenvalue weighted by Crippen LogP contribution is 2.46. The van der Waals surface area contributed by atoms with Crippen molar-refractivity contribution in [3.8, 4) is 27.7 Å². The van der Waals surface area contributed by atoms with E-state index >= 15 is 0 Å². The monoisotopic (exact) mass is 443 g/mol. The SMILES string of the molecule is Cc1ccc(-c2sc3ccccc3c2Oc2ccc(OCCN3CCCCC3)cc2)cc1. The fourth-order valence-electron chi connectivity index (χ4n) is 4.22. The molecule has 4 heteroatoms. The van der Waals surface area contributed by atoms with Crippen LogP contribution in [0.25, 0.3) is 20.5 Å². The molecule has 1 aliphatic heterocycles. The number of ether oxygens (including phenoxy) is 2. The smallest absolute Gasteiger partial charge is 0.153 e. The third-order valence-electron chi connectivity index (χ3n) is 6.03. The predicted molar refractivity (Wildman–Crippen MR) is 134 cm³/mol. The number of aryl methyl sites for hydroxylation is 1. The van der Waals surface area contributed by atoms with Crippen molar-refractivity contribution in [2.45, 2.75) is 26.2 Å². The van der Waals surface area contributed by atoms with Gasteiger partial charge in [-0.2, -0.15) is 0 Å². The van der Waals surface area contributed by atoms with E-state index in [-0.39, 0.29) is 0 Å². The number of benzene rings is 3. The molecule has 3 nitrogen and oxygen atoms in total. The van der Waals surface area contributed by atoms with E-state index < -0.39 is 0 Å². The predicted octanol–water partition coefficient (Wildman–Crippen LogP) is 7.53. The van der Waals surface area contributed by atoms with E-state index in [4.69, 9.17) is 9.47 Å². The first-order valence-corrected chi connectivity index (χ1v) is 12.3. The second kappa shape index (κ2) is 9.76. The molecule has 0 atom stereocenters. The third-order valence-corrected chi connectivity index (χ3v) is 7.23. The molecule has 0 bridgehead atoms. The summed E-state index contributed by atoms with van der Waals surface area (Å²) in [5, 5.41) is 1.15. The third kappa shape index (κ3) is 4.82. The molecule has 0 spiro atoms. The highest BCUT2D eigenvalue weighted by molar-refractivity contribution is 7.22. The average Bonchev–Trinajstić information content (AvgIpc) is 3.20. The maximum atomic E-state index is 6.45. The molecule has 0 saturated carbocycles. The minimum absolute atomic E-state index is 0.729. The standard InChI is InChI=1S/C28H29NO2S/c1-21-9-11-22(12-10-21)28-27(25-7-3-4-8-26(25)32-28)31-24-15-13-23(14-16-24)30-20-19-29-17-5-2-6-18-29/h3-4,7-16H,2,5-6,17-20H2,1H3. The molecule has 1 aromatic heterocycles. The topological polar surface area (TPSA) is 21.7 Å². The van der Waals surface area contributed by atoms with Crippen molar-refractivity contribution in [3.05, 3.63) is 78.4 Å². The van der Waals surface area contributed by atoms with Gasteiger partial charge in [-0.05, 0) is 74.8 Å². The number of fused-ring (bicyclic) bond motifs is 1. The first-order valence-electron chi connectivity index (χ1n) is 11.5. The first kappa shape index (κ1) is 21.0. The van der Waals surface area contributed by atoms with E-state index in [9.17, 15) is 0 Å². The summed E-state index contributed by atoms with van der Waals surface area (Å²) < 4.78 is 13.7. The van der Waals surface area contributed by atoms with Gasteiger partial charge in [-0.1, -0.05) is 48.4 Å². The van der Waals surface area contributed by atoms with E-state index in [0.29, 0.717) is 0 Å². The van der Waals surface area contributed by atoms with Gasteiger partial charge in [0.2, 0.25) is 0 Å². The molecule has 0 unspecified atom stereocenters. The Labute approximate surface area is 194 Å². The summed E-state index contributed by atoms with van der Waals surface area (Å²) in [6, 6.07) is 25.1. The van der Waals surface area contributed by atoms with Crippen molar-refractivity contribution in [1.82, 2.24) is 4.90 Å². The molecule has 0 amide bonds. The van der Waals surface area contributed by atoms with Crippen LogP contribution in [0.3, 0.4) is 0 Å². The van der Waals surface area contributed by atoms with Crippen molar-refractivity contribution in [3.63, 3.8) is 0 Å². The van der Waals surface area contributed by atoms with Crippen molar-refractivity contribution >= 4 is 21.4 Å². The van der Waals surface area contributed by atoms with Gasteiger partial charge in [0.05, 0.1) is 4.88 Å². The van der Waals surface area contributed by atoms with Gasteiger partial charge in [0.15, 0.2) is 5.75 Å². The van der Waals surface area contributed by atoms with Crippen LogP contribution in [0.1, 0.15) is 24.8 Å². The zero-order valence-electron chi connectivity index (χ0n) is 18.5. The van der Waals surface area contributed by atoms with E-state index in [1.807, 2.05) is 24.3 Å². The van der Waals surface area contributed by atoms with Crippen LogP contribution >= 0.6 is 11.3 Å². The molecule has 32 heavy (non-hydrogen) atoms. The lowest BCUT2D eigenvalue weighted by Gasteiger charge is -2.26. The average molecular weight is 444 g/mol. The normalized spacial score (nSPS) is 14.5. The molecule has 0 N–H and O–H groups in total. The molecule has 1 fully saturated rings. The van der Waals surface area contributed by atoms with Crippen LogP contribution in [0.4, 0.5) is 0 Å². The summed E-state index contributed by atoms with van der Waals surface area (Å²) in [7, 11) is 0. The number of nitrogens with zero attached hydrogens (tertiary/aromatic N) is 1. The Morgan fingerprint density at radius 2 is 1.53 bits per heavy atom. The van der Waals surface area contributed by atoms with Crippen LogP contribution < -0.4 is 9.47 Å². The van der Waals surface area contributed by atoms with E-state index in [1.165, 1.54) is 48.2 Å². The van der Waals surface area contributed by atoms with Crippen molar-refractivity contribution in [1.29, 1.82) is 0 Å². The van der Waals surface area contributed by atoms with E-state index in [1.54, 1.807) is 11.3 Å². The van der Waals surface area contributed by atoms with Crippen LogP contribution in [0.5, 0.6) is 17.2 Å². The fourth-order valence-corrected chi connectivity index (χ4v) is 5.35. The maximum Gasteiger partial charge on any atom is 0.153 e. The molecule has 1 aliphatic rings. The Morgan fingerprint density at radius 1 is 0.812 bits per heavy atom. The van der Waals surface area contributed by atoms with Gasteiger partial charge in [-0.25, -0.2) is 0 Å². The van der Waals surface area contributed by atoms with Crippen molar-refractivity contribution in [2.75, 3.05) is 26.2 Å². The molecule has 4 aromatic rings. The zero-order chi connectivity index (χ0) is 21.8. The van der Waals surface area contributed by atoms with Gasteiger partial charge < -0.3 is 9.47 Å². The van der Waals surface area contributed by atoms with Gasteiger partial charge in [0.25, 0.3) is 0 Å². The summed E-state index contributed by atoms with van der Waals surface area (Å²) in [6.07, 6.45) is 3.99. The van der Waals surface area contributed by atoms with Gasteiger partial charge in [-0.3, -0.25) is 4.90 Å². The lowest BCUT2D eigenvalue weighted by molar-refractivity contribution is 0.183. The molecule has 3 aromatic carbocycles. The Balaban J connectivity index is 1.31. The summed E-state index contributed by atoms with van der Waals surface area (Å²) in [5.74, 6) is 2.64. The molecular formula is C28H29NO2S. The Morgan fingerprint density at radius 3 is 2.31 bits per heavy atom. The van der Waals surface area contributed by atoms with E-state index in [2.05, 4.69) is 60.4 Å². The van der Waals surface area contributed by atoms with Crippen molar-refractivity contribution in [2.24, 2.45) is 0 Å². The Kier molecular flexibility index (Phi) is 6.42. The highest BCUT2D eigenvalue weighted by atomic mass is 32.1. The number of likely N-dealkylation sites (tertiary alicyclic amines) is 1. The van der Waals surface area contributed by atoms with Crippen LogP contribution in [-0.4, -0.2) is 31.1 Å². The molecule has 0 aliphatic carbocycles. The molecule has 5 rings (SSSR count). The molecule has 2 heterocycles. The minimum atomic E-state index is 0.729. The number of hydrogen-bond donors (Lipinski definition) is 0. The van der Waals surface area contributed by atoms with E-state index in [0.717, 1.165) is 40.7 Å². The minimum Gasteiger partial charge on any atom is -0.492 e. The maximum absolute atomic E-state index is 6.45. The molecule has 164 valence electrons. The quantitative estimate of drug-likeness (QED) is 0.295. The summed E-state index contributed by atoms with van der Waals surface area (Å²) in [6.45, 7) is 6.25. The number of thiophene rings is 1. The van der Waals surface area contributed by atoms with Gasteiger partial charge >= 0.3 is 0 Å². The number of rotatable bonds is 7. The lowest BCUT2D eigenvalue weighted by atomic mass is 10.1. The second-order valence-electron chi connectivity index (χ2n) is 8.45. The lowest BCUT2D eigenvalue weighted by Crippen LogP contribution is -2.33. The molecule has 1 saturated heterocycles. The largest absolute Gasteiger partial charge is 0.492 e. The van der Waals surface area contributed by atoms with Gasteiger partial charge in [0.1, 0.15) is 18.1 Å².